The van der Waals surface area contributed by atoms with E-state index in [0.29, 0.717) is 49.8 Å². The molecule has 6 rings (SSSR count). The molecule has 9 heteroatoms. The SMILES string of the molecule is CCCOc1cc(CN2CC3(CC(N4CCC(C)(C(=O)O)CC4)=NO3)C2)cc(C2CC2)c1-c1ccc(F)cc1F. The highest BCUT2D eigenvalue weighted by molar-refractivity contribution is 5.85. The zero-order valence-electron chi connectivity index (χ0n) is 23.2. The van der Waals surface area contributed by atoms with Crippen molar-refractivity contribution in [3.8, 4) is 16.9 Å². The topological polar surface area (TPSA) is 74.6 Å². The van der Waals surface area contributed by atoms with Gasteiger partial charge in [-0.3, -0.25) is 9.69 Å². The molecule has 0 amide bonds. The van der Waals surface area contributed by atoms with Crippen molar-refractivity contribution in [1.82, 2.24) is 9.80 Å². The Hall–Kier alpha value is -3.20. The summed E-state index contributed by atoms with van der Waals surface area (Å²) in [6, 6.07) is 7.94. The first kappa shape index (κ1) is 27.0. The number of benzene rings is 2. The molecular formula is C31H37F2N3O4. The monoisotopic (exact) mass is 553 g/mol. The van der Waals surface area contributed by atoms with E-state index in [-0.39, 0.29) is 5.60 Å². The number of amidine groups is 1. The van der Waals surface area contributed by atoms with Crippen LogP contribution in [0.1, 0.15) is 69.4 Å². The van der Waals surface area contributed by atoms with E-state index >= 15 is 0 Å². The first-order valence-electron chi connectivity index (χ1n) is 14.4. The number of hydrogen-bond donors (Lipinski definition) is 1. The minimum Gasteiger partial charge on any atom is -0.493 e. The number of carbonyl (C=O) groups is 1. The Morgan fingerprint density at radius 3 is 2.58 bits per heavy atom. The van der Waals surface area contributed by atoms with Gasteiger partial charge in [-0.2, -0.15) is 0 Å². The highest BCUT2D eigenvalue weighted by atomic mass is 19.1. The zero-order valence-corrected chi connectivity index (χ0v) is 23.2. The van der Waals surface area contributed by atoms with Crippen LogP contribution >= 0.6 is 0 Å². The molecule has 2 saturated heterocycles. The Kier molecular flexibility index (Phi) is 6.97. The molecule has 0 unspecified atom stereocenters. The molecular weight excluding hydrogens is 516 g/mol. The molecule has 2 aromatic carbocycles. The molecule has 0 aromatic heterocycles. The van der Waals surface area contributed by atoms with E-state index in [1.165, 1.54) is 12.1 Å². The maximum absolute atomic E-state index is 14.9. The largest absolute Gasteiger partial charge is 0.493 e. The van der Waals surface area contributed by atoms with Crippen LogP contribution in [0.3, 0.4) is 0 Å². The van der Waals surface area contributed by atoms with Crippen LogP contribution in [-0.2, 0) is 16.2 Å². The summed E-state index contributed by atoms with van der Waals surface area (Å²) in [5, 5.41) is 13.9. The Balaban J connectivity index is 1.14. The van der Waals surface area contributed by atoms with E-state index < -0.39 is 23.0 Å². The Morgan fingerprint density at radius 1 is 1.18 bits per heavy atom. The summed E-state index contributed by atoms with van der Waals surface area (Å²) in [6.07, 6.45) is 4.86. The lowest BCUT2D eigenvalue weighted by molar-refractivity contribution is -0.150. The number of likely N-dealkylation sites (tertiary alicyclic amines) is 2. The molecule has 40 heavy (non-hydrogen) atoms. The first-order chi connectivity index (χ1) is 19.2. The summed E-state index contributed by atoms with van der Waals surface area (Å²) in [5.74, 6) is 0.0387. The lowest BCUT2D eigenvalue weighted by Gasteiger charge is -2.45. The second-order valence-corrected chi connectivity index (χ2v) is 12.3. The smallest absolute Gasteiger partial charge is 0.309 e. The van der Waals surface area contributed by atoms with Crippen LogP contribution in [-0.4, -0.2) is 65.1 Å². The average molecular weight is 554 g/mol. The number of halogens is 2. The van der Waals surface area contributed by atoms with Gasteiger partial charge in [-0.05, 0) is 74.3 Å². The fraction of sp³-hybridized carbons (Fsp3) is 0.548. The van der Waals surface area contributed by atoms with Gasteiger partial charge in [0, 0.05) is 49.9 Å². The van der Waals surface area contributed by atoms with E-state index in [2.05, 4.69) is 21.0 Å². The van der Waals surface area contributed by atoms with Crippen molar-refractivity contribution in [3.63, 3.8) is 0 Å². The Bertz CT molecular complexity index is 1330. The highest BCUT2D eigenvalue weighted by Gasteiger charge is 2.51. The van der Waals surface area contributed by atoms with Gasteiger partial charge in [0.2, 0.25) is 0 Å². The zero-order chi connectivity index (χ0) is 28.1. The molecule has 0 atom stereocenters. The lowest BCUT2D eigenvalue weighted by Crippen LogP contribution is -2.61. The van der Waals surface area contributed by atoms with Crippen LogP contribution < -0.4 is 4.74 Å². The number of carboxylic acid groups (broad SMARTS) is 1. The van der Waals surface area contributed by atoms with E-state index in [9.17, 15) is 18.7 Å². The van der Waals surface area contributed by atoms with Crippen LogP contribution in [0.25, 0.3) is 11.1 Å². The van der Waals surface area contributed by atoms with Crippen LogP contribution in [0.15, 0.2) is 35.5 Å². The first-order valence-corrected chi connectivity index (χ1v) is 14.4. The molecule has 3 aliphatic heterocycles. The van der Waals surface area contributed by atoms with E-state index in [1.54, 1.807) is 0 Å². The number of piperidine rings is 1. The van der Waals surface area contributed by atoms with Gasteiger partial charge in [-0.1, -0.05) is 18.1 Å². The van der Waals surface area contributed by atoms with Crippen LogP contribution in [0.4, 0.5) is 8.78 Å². The number of nitrogens with zero attached hydrogens (tertiary/aromatic N) is 3. The van der Waals surface area contributed by atoms with Gasteiger partial charge in [0.25, 0.3) is 0 Å². The third-order valence-electron chi connectivity index (χ3n) is 8.87. The van der Waals surface area contributed by atoms with Gasteiger partial charge < -0.3 is 19.6 Å². The van der Waals surface area contributed by atoms with Gasteiger partial charge in [0.05, 0.1) is 18.4 Å². The second-order valence-electron chi connectivity index (χ2n) is 12.3. The summed E-state index contributed by atoms with van der Waals surface area (Å²) < 4.78 is 34.8. The van der Waals surface area contributed by atoms with Crippen molar-refractivity contribution in [2.24, 2.45) is 10.6 Å². The summed E-state index contributed by atoms with van der Waals surface area (Å²) in [6.45, 7) is 7.95. The number of oxime groups is 1. The maximum atomic E-state index is 14.9. The number of carboxylic acids is 1. The van der Waals surface area contributed by atoms with Gasteiger partial charge in [0.15, 0.2) is 5.60 Å². The normalized spacial score (nSPS) is 21.6. The molecule has 0 radical (unpaired) electrons. The molecule has 4 aliphatic rings. The van der Waals surface area contributed by atoms with Crippen molar-refractivity contribution in [1.29, 1.82) is 0 Å². The Morgan fingerprint density at radius 2 is 1.93 bits per heavy atom. The third kappa shape index (κ3) is 5.16. The fourth-order valence-electron chi connectivity index (χ4n) is 6.26. The van der Waals surface area contributed by atoms with Crippen molar-refractivity contribution in [3.05, 3.63) is 53.1 Å². The van der Waals surface area contributed by atoms with E-state index in [1.807, 2.05) is 19.9 Å². The molecule has 3 heterocycles. The van der Waals surface area contributed by atoms with Gasteiger partial charge in [-0.25, -0.2) is 8.78 Å². The highest BCUT2D eigenvalue weighted by Crippen LogP contribution is 2.49. The number of ether oxygens (including phenoxy) is 1. The lowest BCUT2D eigenvalue weighted by atomic mass is 9.80. The van der Waals surface area contributed by atoms with Crippen LogP contribution in [0.2, 0.25) is 0 Å². The Labute approximate surface area is 233 Å². The van der Waals surface area contributed by atoms with E-state index in [4.69, 9.17) is 9.57 Å². The molecule has 3 fully saturated rings. The number of aliphatic carboxylic acids is 1. The standard InChI is InChI=1S/C31H37F2N3O4/c1-3-12-39-26-14-20(13-24(21-4-5-21)28(26)23-7-6-22(32)15-25(23)33)17-35-18-31(19-35)16-27(34-40-31)36-10-8-30(2,9-11-36)29(37)38/h6-7,13-15,21H,3-5,8-12,16-19H2,1-2H3,(H,37,38). The molecule has 1 aliphatic carbocycles. The van der Waals surface area contributed by atoms with Crippen LogP contribution in [0.5, 0.6) is 5.75 Å². The summed E-state index contributed by atoms with van der Waals surface area (Å²) in [4.78, 5) is 22.0. The molecule has 1 spiro atoms. The predicted octanol–water partition coefficient (Wildman–Crippen LogP) is 5.77. The maximum Gasteiger partial charge on any atom is 0.309 e. The molecule has 1 N–H and O–H groups in total. The molecule has 214 valence electrons. The second kappa shape index (κ2) is 10.3. The fourth-order valence-corrected chi connectivity index (χ4v) is 6.26. The predicted molar refractivity (Wildman–Crippen MR) is 147 cm³/mol. The third-order valence-corrected chi connectivity index (χ3v) is 8.87. The van der Waals surface area contributed by atoms with Crippen molar-refractivity contribution >= 4 is 11.8 Å². The quantitative estimate of drug-likeness (QED) is 0.447. The van der Waals surface area contributed by atoms with Gasteiger partial charge in [-0.15, -0.1) is 0 Å². The minimum absolute atomic E-state index is 0.332. The van der Waals surface area contributed by atoms with Crippen molar-refractivity contribution < 1.29 is 28.3 Å². The van der Waals surface area contributed by atoms with Crippen molar-refractivity contribution in [2.75, 3.05) is 32.8 Å². The summed E-state index contributed by atoms with van der Waals surface area (Å²) >= 11 is 0. The van der Waals surface area contributed by atoms with Gasteiger partial charge in [0.1, 0.15) is 23.2 Å². The molecule has 1 saturated carbocycles. The molecule has 7 nitrogen and oxygen atoms in total. The number of hydrogen-bond acceptors (Lipinski definition) is 6. The summed E-state index contributed by atoms with van der Waals surface area (Å²) in [7, 11) is 0. The van der Waals surface area contributed by atoms with E-state index in [0.717, 1.165) is 73.9 Å². The average Bonchev–Trinajstić information content (AvgIpc) is 3.66. The van der Waals surface area contributed by atoms with Crippen LogP contribution in [0, 0.1) is 17.0 Å². The van der Waals surface area contributed by atoms with Gasteiger partial charge >= 0.3 is 5.97 Å². The molecule has 0 bridgehead atoms. The number of rotatable bonds is 8. The summed E-state index contributed by atoms with van der Waals surface area (Å²) in [5.41, 5.74) is 2.31. The minimum atomic E-state index is -0.730. The molecule has 2 aromatic rings. The van der Waals surface area contributed by atoms with Crippen molar-refractivity contribution in [2.45, 2.75) is 70.4 Å².